The fourth-order valence-corrected chi connectivity index (χ4v) is 2.62. The van der Waals surface area contributed by atoms with Crippen molar-refractivity contribution in [2.24, 2.45) is 0 Å². The third-order valence-electron chi connectivity index (χ3n) is 2.67. The summed E-state index contributed by atoms with van der Waals surface area (Å²) in [5, 5.41) is 12.5. The second-order valence-corrected chi connectivity index (χ2v) is 4.81. The van der Waals surface area contributed by atoms with Crippen LogP contribution in [0.1, 0.15) is 27.7 Å². The summed E-state index contributed by atoms with van der Waals surface area (Å²) >= 11 is 1.61. The molecule has 0 aliphatic rings. The van der Waals surface area contributed by atoms with Gasteiger partial charge in [0.2, 0.25) is 0 Å². The van der Waals surface area contributed by atoms with Crippen molar-refractivity contribution in [1.82, 2.24) is 4.98 Å². The van der Waals surface area contributed by atoms with Crippen molar-refractivity contribution in [3.63, 3.8) is 0 Å². The molecular weight excluding hydrogens is 290 g/mol. The van der Waals surface area contributed by atoms with Crippen LogP contribution in [-0.4, -0.2) is 10.1 Å². The maximum Gasteiger partial charge on any atom is 0.124 e. The lowest BCUT2D eigenvalue weighted by Gasteiger charge is -1.97. The predicted molar refractivity (Wildman–Crippen MR) is 97.3 cm³/mol. The van der Waals surface area contributed by atoms with E-state index < -0.39 is 0 Å². The van der Waals surface area contributed by atoms with Crippen molar-refractivity contribution in [2.75, 3.05) is 0 Å². The topological polar surface area (TPSA) is 33.1 Å². The molecule has 3 rings (SSSR count). The van der Waals surface area contributed by atoms with Gasteiger partial charge in [0.15, 0.2) is 0 Å². The van der Waals surface area contributed by atoms with E-state index in [-0.39, 0.29) is 5.75 Å². The molecule has 3 aromatic rings. The summed E-state index contributed by atoms with van der Waals surface area (Å²) in [5.41, 5.74) is 2.96. The van der Waals surface area contributed by atoms with Gasteiger partial charge in [-0.05, 0) is 12.1 Å². The van der Waals surface area contributed by atoms with Crippen LogP contribution < -0.4 is 0 Å². The Bertz CT molecular complexity index is 662. The molecule has 0 saturated heterocycles. The third-order valence-corrected chi connectivity index (χ3v) is 3.56. The van der Waals surface area contributed by atoms with Crippen LogP contribution >= 0.6 is 11.3 Å². The average molecular weight is 313 g/mol. The monoisotopic (exact) mass is 313 g/mol. The fraction of sp³-hybridized carbons (Fsp3) is 0.211. The Labute approximate surface area is 137 Å². The van der Waals surface area contributed by atoms with Gasteiger partial charge in [0.25, 0.3) is 0 Å². The van der Waals surface area contributed by atoms with E-state index >= 15 is 0 Å². The van der Waals surface area contributed by atoms with Crippen LogP contribution in [0, 0.1) is 0 Å². The maximum absolute atomic E-state index is 9.47. The Balaban J connectivity index is 0.000000561. The number of phenols is 1. The molecule has 0 bridgehead atoms. The van der Waals surface area contributed by atoms with E-state index in [1.54, 1.807) is 23.5 Å². The first-order valence-corrected chi connectivity index (χ1v) is 8.51. The first-order valence-electron chi connectivity index (χ1n) is 7.63. The molecule has 1 N–H and O–H groups in total. The van der Waals surface area contributed by atoms with Gasteiger partial charge in [0.1, 0.15) is 10.8 Å². The van der Waals surface area contributed by atoms with E-state index in [1.165, 1.54) is 0 Å². The molecule has 2 aromatic carbocycles. The molecule has 0 amide bonds. The molecule has 0 saturated carbocycles. The summed E-state index contributed by atoms with van der Waals surface area (Å²) in [6, 6.07) is 17.3. The van der Waals surface area contributed by atoms with Crippen LogP contribution in [0.15, 0.2) is 60.0 Å². The molecule has 0 aliphatic carbocycles. The van der Waals surface area contributed by atoms with E-state index in [9.17, 15) is 5.11 Å². The van der Waals surface area contributed by atoms with Crippen molar-refractivity contribution in [3.05, 3.63) is 60.0 Å². The van der Waals surface area contributed by atoms with E-state index in [4.69, 9.17) is 0 Å². The lowest BCUT2D eigenvalue weighted by atomic mass is 10.1. The van der Waals surface area contributed by atoms with Gasteiger partial charge in [-0.15, -0.1) is 11.3 Å². The minimum absolute atomic E-state index is 0.266. The molecule has 1 aromatic heterocycles. The molecule has 0 spiro atoms. The number of thiazole rings is 1. The molecule has 0 aliphatic heterocycles. The molecule has 1 heterocycles. The summed E-state index contributed by atoms with van der Waals surface area (Å²) in [4.78, 5) is 4.60. The Morgan fingerprint density at radius 2 is 1.45 bits per heavy atom. The lowest BCUT2D eigenvalue weighted by molar-refractivity contribution is 0.475. The molecule has 0 radical (unpaired) electrons. The van der Waals surface area contributed by atoms with Gasteiger partial charge in [-0.2, -0.15) is 0 Å². The summed E-state index contributed by atoms with van der Waals surface area (Å²) in [6.45, 7) is 8.00. The smallest absolute Gasteiger partial charge is 0.124 e. The standard InChI is InChI=1S/C15H11NOS.2C2H6/c17-13-8-4-7-12(9-13)14-10-18-15(16-14)11-5-2-1-3-6-11;2*1-2/h1-10,17H;2*1-2H3. The predicted octanol–water partition coefficient (Wildman–Crippen LogP) is 6.24. The van der Waals surface area contributed by atoms with Crippen LogP contribution in [0.4, 0.5) is 0 Å². The zero-order chi connectivity index (χ0) is 16.4. The van der Waals surface area contributed by atoms with Gasteiger partial charge in [-0.3, -0.25) is 0 Å². The van der Waals surface area contributed by atoms with Crippen LogP contribution in [0.2, 0.25) is 0 Å². The number of aromatic nitrogens is 1. The van der Waals surface area contributed by atoms with Gasteiger partial charge in [0.05, 0.1) is 5.69 Å². The quantitative estimate of drug-likeness (QED) is 0.608. The number of hydrogen-bond donors (Lipinski definition) is 1. The minimum Gasteiger partial charge on any atom is -0.508 e. The van der Waals surface area contributed by atoms with Gasteiger partial charge >= 0.3 is 0 Å². The molecule has 3 heteroatoms. The maximum atomic E-state index is 9.47. The van der Waals surface area contributed by atoms with Crippen LogP contribution in [0.25, 0.3) is 21.8 Å². The molecule has 116 valence electrons. The Morgan fingerprint density at radius 1 is 0.818 bits per heavy atom. The van der Waals surface area contributed by atoms with Crippen molar-refractivity contribution in [2.45, 2.75) is 27.7 Å². The number of benzene rings is 2. The summed E-state index contributed by atoms with van der Waals surface area (Å²) in [5.74, 6) is 0.266. The average Bonchev–Trinajstić information content (AvgIpc) is 3.09. The summed E-state index contributed by atoms with van der Waals surface area (Å²) in [7, 11) is 0. The SMILES string of the molecule is CC.CC.Oc1cccc(-c2csc(-c3ccccc3)n2)c1. The molecule has 0 atom stereocenters. The number of phenolic OH excluding ortho intramolecular Hbond substituents is 1. The first kappa shape index (κ1) is 17.9. The number of aromatic hydroxyl groups is 1. The normalized spacial score (nSPS) is 9.09. The Hall–Kier alpha value is -2.13. The van der Waals surface area contributed by atoms with Crippen molar-refractivity contribution in [1.29, 1.82) is 0 Å². The van der Waals surface area contributed by atoms with Crippen molar-refractivity contribution < 1.29 is 5.11 Å². The molecule has 0 unspecified atom stereocenters. The zero-order valence-electron chi connectivity index (χ0n) is 13.6. The van der Waals surface area contributed by atoms with Gasteiger partial charge in [-0.1, -0.05) is 70.2 Å². The van der Waals surface area contributed by atoms with E-state index in [2.05, 4.69) is 4.98 Å². The second-order valence-electron chi connectivity index (χ2n) is 3.95. The number of nitrogens with zero attached hydrogens (tertiary/aromatic N) is 1. The molecular formula is C19H23NOS. The minimum atomic E-state index is 0.266. The van der Waals surface area contributed by atoms with Crippen LogP contribution in [0.5, 0.6) is 5.75 Å². The molecule has 0 fully saturated rings. The van der Waals surface area contributed by atoms with E-state index in [1.807, 2.05) is 75.5 Å². The Kier molecular flexibility index (Phi) is 7.94. The van der Waals surface area contributed by atoms with Crippen LogP contribution in [-0.2, 0) is 0 Å². The zero-order valence-corrected chi connectivity index (χ0v) is 14.4. The highest BCUT2D eigenvalue weighted by atomic mass is 32.1. The van der Waals surface area contributed by atoms with Gasteiger partial charge < -0.3 is 5.11 Å². The van der Waals surface area contributed by atoms with E-state index in [0.717, 1.165) is 21.8 Å². The highest BCUT2D eigenvalue weighted by Gasteiger charge is 2.06. The highest BCUT2D eigenvalue weighted by molar-refractivity contribution is 7.13. The molecule has 2 nitrogen and oxygen atoms in total. The van der Waals surface area contributed by atoms with Gasteiger partial charge in [0, 0.05) is 16.5 Å². The summed E-state index contributed by atoms with van der Waals surface area (Å²) in [6.07, 6.45) is 0. The molecule has 22 heavy (non-hydrogen) atoms. The first-order chi connectivity index (χ1) is 10.8. The highest BCUT2D eigenvalue weighted by Crippen LogP contribution is 2.29. The Morgan fingerprint density at radius 3 is 2.09 bits per heavy atom. The largest absolute Gasteiger partial charge is 0.508 e. The second kappa shape index (κ2) is 9.74. The third kappa shape index (κ3) is 4.71. The fourth-order valence-electron chi connectivity index (χ4n) is 1.78. The van der Waals surface area contributed by atoms with Crippen LogP contribution in [0.3, 0.4) is 0 Å². The lowest BCUT2D eigenvalue weighted by Crippen LogP contribution is -1.79. The number of rotatable bonds is 2. The number of hydrogen-bond acceptors (Lipinski definition) is 3. The van der Waals surface area contributed by atoms with Crippen molar-refractivity contribution >= 4 is 11.3 Å². The van der Waals surface area contributed by atoms with Gasteiger partial charge in [-0.25, -0.2) is 4.98 Å². The van der Waals surface area contributed by atoms with Crippen molar-refractivity contribution in [3.8, 4) is 27.6 Å². The van der Waals surface area contributed by atoms with E-state index in [0.29, 0.717) is 0 Å². The summed E-state index contributed by atoms with van der Waals surface area (Å²) < 4.78 is 0.